The second-order valence-electron chi connectivity index (χ2n) is 6.76. The second kappa shape index (κ2) is 8.75. The van der Waals surface area contributed by atoms with E-state index in [1.165, 1.54) is 6.92 Å². The molecular weight excluding hydrogens is 360 g/mol. The van der Waals surface area contributed by atoms with E-state index in [1.54, 1.807) is 12.1 Å². The summed E-state index contributed by atoms with van der Waals surface area (Å²) in [6, 6.07) is 11.0. The predicted molar refractivity (Wildman–Crippen MR) is 105 cm³/mol. The normalized spacial score (nSPS) is 12.1. The van der Waals surface area contributed by atoms with Crippen molar-refractivity contribution in [3.63, 3.8) is 0 Å². The molecule has 0 saturated heterocycles. The van der Waals surface area contributed by atoms with Gasteiger partial charge in [-0.05, 0) is 44.7 Å². The summed E-state index contributed by atoms with van der Waals surface area (Å²) in [6.45, 7) is 4.78. The first-order valence-electron chi connectivity index (χ1n) is 9.05. The number of benzene rings is 2. The van der Waals surface area contributed by atoms with Crippen LogP contribution in [-0.4, -0.2) is 50.1 Å². The van der Waals surface area contributed by atoms with Crippen LogP contribution >= 0.6 is 0 Å². The van der Waals surface area contributed by atoms with Crippen molar-refractivity contribution in [2.45, 2.75) is 13.8 Å². The molecule has 28 heavy (non-hydrogen) atoms. The minimum atomic E-state index is -0.223. The van der Waals surface area contributed by atoms with Crippen LogP contribution in [0.4, 0.5) is 5.69 Å². The van der Waals surface area contributed by atoms with Crippen LogP contribution in [0.25, 0.3) is 0 Å². The average molecular weight is 384 g/mol. The molecule has 0 atom stereocenters. The summed E-state index contributed by atoms with van der Waals surface area (Å²) in [5.41, 5.74) is 1.95. The van der Waals surface area contributed by atoms with Crippen LogP contribution < -0.4 is 19.5 Å². The minimum Gasteiger partial charge on any atom is -0.492 e. The van der Waals surface area contributed by atoms with Crippen molar-refractivity contribution in [2.75, 3.05) is 38.9 Å². The highest BCUT2D eigenvalue weighted by Gasteiger charge is 2.20. The summed E-state index contributed by atoms with van der Waals surface area (Å²) >= 11 is 0. The van der Waals surface area contributed by atoms with Gasteiger partial charge < -0.3 is 19.5 Å². The van der Waals surface area contributed by atoms with Gasteiger partial charge in [-0.2, -0.15) is 0 Å². The molecule has 1 aliphatic rings. The third-order valence-electron chi connectivity index (χ3n) is 4.31. The molecule has 0 bridgehead atoms. The Morgan fingerprint density at radius 1 is 1.18 bits per heavy atom. The van der Waals surface area contributed by atoms with Crippen LogP contribution in [0, 0.1) is 6.92 Å². The molecule has 1 heterocycles. The van der Waals surface area contributed by atoms with Gasteiger partial charge in [0.15, 0.2) is 17.3 Å². The number of anilines is 1. The van der Waals surface area contributed by atoms with Crippen molar-refractivity contribution in [3.8, 4) is 17.2 Å². The number of nitrogens with one attached hydrogen (secondary N) is 1. The maximum Gasteiger partial charge on any atom is 0.238 e. The first-order chi connectivity index (χ1) is 13.4. The Bertz CT molecular complexity index is 881. The Morgan fingerprint density at radius 2 is 1.93 bits per heavy atom. The van der Waals surface area contributed by atoms with E-state index in [4.69, 9.17) is 14.2 Å². The molecule has 2 aromatic carbocycles. The number of ketones is 1. The molecule has 7 nitrogen and oxygen atoms in total. The largest absolute Gasteiger partial charge is 0.492 e. The quantitative estimate of drug-likeness (QED) is 0.706. The molecule has 0 aliphatic carbocycles. The molecule has 2 aromatic rings. The Kier molecular flexibility index (Phi) is 6.16. The summed E-state index contributed by atoms with van der Waals surface area (Å²) in [5.74, 6) is 1.45. The van der Waals surface area contributed by atoms with Gasteiger partial charge in [-0.1, -0.05) is 12.1 Å². The second-order valence-corrected chi connectivity index (χ2v) is 6.76. The van der Waals surface area contributed by atoms with Gasteiger partial charge >= 0.3 is 0 Å². The summed E-state index contributed by atoms with van der Waals surface area (Å²) in [7, 11) is 1.84. The van der Waals surface area contributed by atoms with Gasteiger partial charge in [0.2, 0.25) is 12.7 Å². The van der Waals surface area contributed by atoms with E-state index in [0.717, 1.165) is 11.3 Å². The fourth-order valence-corrected chi connectivity index (χ4v) is 2.88. The van der Waals surface area contributed by atoms with E-state index in [1.807, 2.05) is 43.1 Å². The number of fused-ring (bicyclic) bond motifs is 1. The number of likely N-dealkylation sites (N-methyl/N-ethyl adjacent to an activating group) is 1. The third-order valence-corrected chi connectivity index (χ3v) is 4.31. The summed E-state index contributed by atoms with van der Waals surface area (Å²) < 4.78 is 16.3. The standard InChI is InChI=1S/C21H24N2O5/c1-14-5-4-6-16(9-14)26-8-7-23(3)12-21(25)22-18-11-20-19(27-13-28-20)10-17(18)15(2)24/h4-6,9-11H,7-8,12-13H2,1-3H3,(H,22,25). The third kappa shape index (κ3) is 5.01. The number of ether oxygens (including phenoxy) is 3. The average Bonchev–Trinajstić information content (AvgIpc) is 3.08. The number of Topliss-reactive ketones (excluding diaryl/α,β-unsaturated/α-hetero) is 1. The number of nitrogens with zero attached hydrogens (tertiary/aromatic N) is 1. The molecule has 0 radical (unpaired) electrons. The van der Waals surface area contributed by atoms with E-state index < -0.39 is 0 Å². The number of aryl methyl sites for hydroxylation is 1. The van der Waals surface area contributed by atoms with Crippen molar-refractivity contribution >= 4 is 17.4 Å². The zero-order valence-electron chi connectivity index (χ0n) is 16.3. The molecule has 1 amide bonds. The Labute approximate surface area is 164 Å². The van der Waals surface area contributed by atoms with Crippen molar-refractivity contribution in [1.29, 1.82) is 0 Å². The highest BCUT2D eigenvalue weighted by molar-refractivity contribution is 6.05. The zero-order chi connectivity index (χ0) is 20.1. The number of hydrogen-bond donors (Lipinski definition) is 1. The molecule has 1 aliphatic heterocycles. The lowest BCUT2D eigenvalue weighted by molar-refractivity contribution is -0.117. The monoisotopic (exact) mass is 384 g/mol. The molecule has 0 unspecified atom stereocenters. The smallest absolute Gasteiger partial charge is 0.238 e. The van der Waals surface area contributed by atoms with Gasteiger partial charge in [-0.15, -0.1) is 0 Å². The van der Waals surface area contributed by atoms with E-state index in [-0.39, 0.29) is 25.0 Å². The van der Waals surface area contributed by atoms with Crippen molar-refractivity contribution in [2.24, 2.45) is 0 Å². The maximum atomic E-state index is 12.4. The summed E-state index contributed by atoms with van der Waals surface area (Å²) in [6.07, 6.45) is 0. The van der Waals surface area contributed by atoms with E-state index in [2.05, 4.69) is 5.32 Å². The lowest BCUT2D eigenvalue weighted by Crippen LogP contribution is -2.33. The molecule has 3 rings (SSSR count). The Morgan fingerprint density at radius 3 is 2.64 bits per heavy atom. The van der Waals surface area contributed by atoms with Gasteiger partial charge in [0.05, 0.1) is 12.2 Å². The molecule has 7 heteroatoms. The number of rotatable bonds is 8. The number of carbonyl (C=O) groups excluding carboxylic acids is 2. The van der Waals surface area contributed by atoms with Crippen molar-refractivity contribution in [3.05, 3.63) is 47.5 Å². The van der Waals surface area contributed by atoms with Gasteiger partial charge in [-0.3, -0.25) is 14.5 Å². The fourth-order valence-electron chi connectivity index (χ4n) is 2.88. The summed E-state index contributed by atoms with van der Waals surface area (Å²) in [4.78, 5) is 26.1. The lowest BCUT2D eigenvalue weighted by Gasteiger charge is -2.17. The SMILES string of the molecule is CC(=O)c1cc2c(cc1NC(=O)CN(C)CCOc1cccc(C)c1)OCO2. The first-order valence-corrected chi connectivity index (χ1v) is 9.05. The maximum absolute atomic E-state index is 12.4. The van der Waals surface area contributed by atoms with Crippen molar-refractivity contribution < 1.29 is 23.8 Å². The van der Waals surface area contributed by atoms with Gasteiger partial charge in [0, 0.05) is 18.2 Å². The molecule has 148 valence electrons. The van der Waals surface area contributed by atoms with Crippen LogP contribution in [0.2, 0.25) is 0 Å². The van der Waals surface area contributed by atoms with E-state index in [0.29, 0.717) is 35.9 Å². The lowest BCUT2D eigenvalue weighted by atomic mass is 10.1. The van der Waals surface area contributed by atoms with Gasteiger partial charge in [-0.25, -0.2) is 0 Å². The molecule has 0 fully saturated rings. The highest BCUT2D eigenvalue weighted by atomic mass is 16.7. The van der Waals surface area contributed by atoms with Gasteiger partial charge in [0.25, 0.3) is 0 Å². The molecule has 1 N–H and O–H groups in total. The van der Waals surface area contributed by atoms with Gasteiger partial charge in [0.1, 0.15) is 12.4 Å². The highest BCUT2D eigenvalue weighted by Crippen LogP contribution is 2.37. The molecular formula is C21H24N2O5. The van der Waals surface area contributed by atoms with Crippen LogP contribution in [0.1, 0.15) is 22.8 Å². The predicted octanol–water partition coefficient (Wildman–Crippen LogP) is 2.88. The molecule has 0 spiro atoms. The van der Waals surface area contributed by atoms with Crippen LogP contribution in [0.3, 0.4) is 0 Å². The first kappa shape index (κ1) is 19.7. The number of amides is 1. The molecule has 0 aromatic heterocycles. The van der Waals surface area contributed by atoms with Crippen LogP contribution in [-0.2, 0) is 4.79 Å². The Balaban J connectivity index is 1.53. The van der Waals surface area contributed by atoms with Crippen molar-refractivity contribution in [1.82, 2.24) is 4.90 Å². The Hall–Kier alpha value is -3.06. The molecule has 0 saturated carbocycles. The van der Waals surface area contributed by atoms with E-state index >= 15 is 0 Å². The van der Waals surface area contributed by atoms with Crippen LogP contribution in [0.15, 0.2) is 36.4 Å². The fraction of sp³-hybridized carbons (Fsp3) is 0.333. The topological polar surface area (TPSA) is 77.1 Å². The zero-order valence-corrected chi connectivity index (χ0v) is 16.3. The minimum absolute atomic E-state index is 0.105. The number of carbonyl (C=O) groups is 2. The van der Waals surface area contributed by atoms with E-state index in [9.17, 15) is 9.59 Å². The summed E-state index contributed by atoms with van der Waals surface area (Å²) in [5, 5.41) is 2.79. The van der Waals surface area contributed by atoms with Crippen LogP contribution in [0.5, 0.6) is 17.2 Å². The number of hydrogen-bond acceptors (Lipinski definition) is 6.